The van der Waals surface area contributed by atoms with Crippen molar-refractivity contribution < 1.29 is 0 Å². The van der Waals surface area contributed by atoms with Crippen molar-refractivity contribution in [2.24, 2.45) is 0 Å². The summed E-state index contributed by atoms with van der Waals surface area (Å²) in [5.41, 5.74) is 3.48. The van der Waals surface area contributed by atoms with E-state index in [-0.39, 0.29) is 5.92 Å². The van der Waals surface area contributed by atoms with Gasteiger partial charge in [-0.25, -0.2) is 0 Å². The van der Waals surface area contributed by atoms with Crippen LogP contribution in [0.5, 0.6) is 0 Å². The number of benzene rings is 1. The summed E-state index contributed by atoms with van der Waals surface area (Å²) in [4.78, 5) is 7.79. The number of nitrogens with zero attached hydrogens (tertiary/aromatic N) is 1. The van der Waals surface area contributed by atoms with E-state index in [2.05, 4.69) is 46.4 Å². The molecule has 3 rings (SSSR count). The zero-order chi connectivity index (χ0) is 12.2. The van der Waals surface area contributed by atoms with Crippen molar-refractivity contribution in [3.05, 3.63) is 90.0 Å². The van der Waals surface area contributed by atoms with Crippen molar-refractivity contribution in [3.8, 4) is 0 Å². The van der Waals surface area contributed by atoms with Gasteiger partial charge in [0.1, 0.15) is 0 Å². The van der Waals surface area contributed by atoms with E-state index in [0.29, 0.717) is 0 Å². The smallest absolute Gasteiger partial charge is 0.0663 e. The quantitative estimate of drug-likeness (QED) is 0.737. The molecule has 0 aliphatic heterocycles. The molecule has 1 N–H and O–H groups in total. The van der Waals surface area contributed by atoms with E-state index < -0.39 is 0 Å². The lowest BCUT2D eigenvalue weighted by Gasteiger charge is -2.15. The molecule has 0 spiro atoms. The summed E-state index contributed by atoms with van der Waals surface area (Å²) in [7, 11) is 0. The predicted octanol–water partition coefficient (Wildman–Crippen LogP) is 3.59. The highest BCUT2D eigenvalue weighted by molar-refractivity contribution is 5.37. The average molecular weight is 234 g/mol. The summed E-state index contributed by atoms with van der Waals surface area (Å²) in [5, 5.41) is 0. The molecule has 0 saturated carbocycles. The van der Waals surface area contributed by atoms with E-state index >= 15 is 0 Å². The van der Waals surface area contributed by atoms with E-state index in [9.17, 15) is 0 Å². The number of nitrogens with one attached hydrogen (secondary N) is 1. The van der Waals surface area contributed by atoms with Crippen LogP contribution in [0.15, 0.2) is 73.1 Å². The maximum absolute atomic E-state index is 4.49. The molecule has 0 fully saturated rings. The summed E-state index contributed by atoms with van der Waals surface area (Å²) in [6.07, 6.45) is 3.79. The lowest BCUT2D eigenvalue weighted by molar-refractivity contribution is 0.886. The SMILES string of the molecule is c1ccc(C(c2ccccn2)c2ccc[nH]2)cc1. The maximum atomic E-state index is 4.49. The molecular weight excluding hydrogens is 220 g/mol. The number of pyridine rings is 1. The molecular formula is C16H14N2. The minimum atomic E-state index is 0.169. The zero-order valence-electron chi connectivity index (χ0n) is 9.95. The van der Waals surface area contributed by atoms with Crippen LogP contribution in [0.2, 0.25) is 0 Å². The Kier molecular flexibility index (Phi) is 2.92. The molecule has 0 bridgehead atoms. The number of H-pyrrole nitrogens is 1. The summed E-state index contributed by atoms with van der Waals surface area (Å²) < 4.78 is 0. The first kappa shape index (κ1) is 10.8. The fourth-order valence-corrected chi connectivity index (χ4v) is 2.23. The minimum absolute atomic E-state index is 0.169. The highest BCUT2D eigenvalue weighted by atomic mass is 14.7. The summed E-state index contributed by atoms with van der Waals surface area (Å²) in [6.45, 7) is 0. The van der Waals surface area contributed by atoms with E-state index in [4.69, 9.17) is 0 Å². The molecule has 0 aliphatic rings. The number of aromatic amines is 1. The largest absolute Gasteiger partial charge is 0.364 e. The van der Waals surface area contributed by atoms with E-state index in [1.54, 1.807) is 0 Å². The zero-order valence-corrected chi connectivity index (χ0v) is 9.95. The maximum Gasteiger partial charge on any atom is 0.0663 e. The van der Waals surface area contributed by atoms with Gasteiger partial charge in [0.25, 0.3) is 0 Å². The minimum Gasteiger partial charge on any atom is -0.364 e. The van der Waals surface area contributed by atoms with Crippen molar-refractivity contribution >= 4 is 0 Å². The number of hydrogen-bond acceptors (Lipinski definition) is 1. The summed E-state index contributed by atoms with van der Waals surface area (Å²) in [6, 6.07) is 20.6. The lowest BCUT2D eigenvalue weighted by Crippen LogP contribution is -2.05. The van der Waals surface area contributed by atoms with Crippen molar-refractivity contribution in [2.45, 2.75) is 5.92 Å². The highest BCUT2D eigenvalue weighted by Crippen LogP contribution is 2.28. The average Bonchev–Trinajstić information content (AvgIpc) is 2.95. The normalized spacial score (nSPS) is 12.2. The monoisotopic (exact) mass is 234 g/mol. The molecule has 2 heteroatoms. The van der Waals surface area contributed by atoms with Gasteiger partial charge in [0.2, 0.25) is 0 Å². The molecule has 2 nitrogen and oxygen atoms in total. The van der Waals surface area contributed by atoms with Crippen LogP contribution in [0.3, 0.4) is 0 Å². The van der Waals surface area contributed by atoms with Gasteiger partial charge in [-0.2, -0.15) is 0 Å². The lowest BCUT2D eigenvalue weighted by atomic mass is 9.92. The van der Waals surface area contributed by atoms with Crippen LogP contribution in [-0.4, -0.2) is 9.97 Å². The van der Waals surface area contributed by atoms with Gasteiger partial charge in [-0.1, -0.05) is 36.4 Å². The number of hydrogen-bond donors (Lipinski definition) is 1. The van der Waals surface area contributed by atoms with Gasteiger partial charge in [-0.15, -0.1) is 0 Å². The third kappa shape index (κ3) is 2.05. The molecule has 1 unspecified atom stereocenters. The summed E-state index contributed by atoms with van der Waals surface area (Å²) in [5.74, 6) is 0.169. The van der Waals surface area contributed by atoms with Crippen LogP contribution in [0.25, 0.3) is 0 Å². The first-order valence-electron chi connectivity index (χ1n) is 6.04. The number of aromatic nitrogens is 2. The molecule has 88 valence electrons. The molecule has 0 aliphatic carbocycles. The Morgan fingerprint density at radius 2 is 1.67 bits per heavy atom. The standard InChI is InChI=1S/C16H14N2/c1-2-7-13(8-3-1)16(15-10-6-12-18-15)14-9-4-5-11-17-14/h1-12,16,18H. The topological polar surface area (TPSA) is 28.7 Å². The Morgan fingerprint density at radius 1 is 0.833 bits per heavy atom. The van der Waals surface area contributed by atoms with Crippen molar-refractivity contribution in [3.63, 3.8) is 0 Å². The molecule has 2 aromatic heterocycles. The fourth-order valence-electron chi connectivity index (χ4n) is 2.23. The van der Waals surface area contributed by atoms with Crippen molar-refractivity contribution in [1.29, 1.82) is 0 Å². The third-order valence-electron chi connectivity index (χ3n) is 3.05. The molecule has 18 heavy (non-hydrogen) atoms. The second-order valence-corrected chi connectivity index (χ2v) is 4.22. The van der Waals surface area contributed by atoms with Crippen LogP contribution in [0.4, 0.5) is 0 Å². The molecule has 0 saturated heterocycles. The van der Waals surface area contributed by atoms with Gasteiger partial charge < -0.3 is 4.98 Å². The van der Waals surface area contributed by atoms with E-state index in [1.807, 2.05) is 36.7 Å². The molecule has 1 aromatic carbocycles. The Bertz CT molecular complexity index is 546. The fraction of sp³-hybridized carbons (Fsp3) is 0.0625. The molecule has 0 radical (unpaired) electrons. The van der Waals surface area contributed by atoms with Gasteiger partial charge >= 0.3 is 0 Å². The van der Waals surface area contributed by atoms with Crippen LogP contribution in [0.1, 0.15) is 22.9 Å². The highest BCUT2D eigenvalue weighted by Gasteiger charge is 2.17. The Morgan fingerprint density at radius 3 is 2.33 bits per heavy atom. The molecule has 1 atom stereocenters. The second-order valence-electron chi connectivity index (χ2n) is 4.22. The number of rotatable bonds is 3. The van der Waals surface area contributed by atoms with E-state index in [0.717, 1.165) is 5.69 Å². The van der Waals surface area contributed by atoms with Gasteiger partial charge in [0.05, 0.1) is 11.6 Å². The van der Waals surface area contributed by atoms with Crippen LogP contribution >= 0.6 is 0 Å². The molecule has 3 aromatic rings. The van der Waals surface area contributed by atoms with Crippen LogP contribution in [0, 0.1) is 0 Å². The second kappa shape index (κ2) is 4.88. The first-order valence-corrected chi connectivity index (χ1v) is 6.04. The third-order valence-corrected chi connectivity index (χ3v) is 3.05. The Labute approximate surface area is 106 Å². The van der Waals surface area contributed by atoms with Crippen LogP contribution in [-0.2, 0) is 0 Å². The van der Waals surface area contributed by atoms with E-state index in [1.165, 1.54) is 11.3 Å². The predicted molar refractivity (Wildman–Crippen MR) is 72.4 cm³/mol. The van der Waals surface area contributed by atoms with Gasteiger partial charge in [-0.3, -0.25) is 4.98 Å². The first-order chi connectivity index (χ1) is 8.95. The Balaban J connectivity index is 2.11. The van der Waals surface area contributed by atoms with Gasteiger partial charge in [-0.05, 0) is 29.8 Å². The Hall–Kier alpha value is -2.35. The summed E-state index contributed by atoms with van der Waals surface area (Å²) >= 11 is 0. The molecule has 0 amide bonds. The van der Waals surface area contributed by atoms with Gasteiger partial charge in [0, 0.05) is 18.1 Å². The van der Waals surface area contributed by atoms with Crippen molar-refractivity contribution in [2.75, 3.05) is 0 Å². The van der Waals surface area contributed by atoms with Crippen molar-refractivity contribution in [1.82, 2.24) is 9.97 Å². The van der Waals surface area contributed by atoms with Gasteiger partial charge in [0.15, 0.2) is 0 Å². The van der Waals surface area contributed by atoms with Crippen LogP contribution < -0.4 is 0 Å². The molecule has 2 heterocycles.